The van der Waals surface area contributed by atoms with E-state index < -0.39 is 0 Å². The molecular weight excluding hydrogens is 364 g/mol. The molecule has 0 saturated heterocycles. The molecule has 1 heterocycles. The van der Waals surface area contributed by atoms with E-state index in [9.17, 15) is 4.79 Å². The van der Waals surface area contributed by atoms with Crippen molar-refractivity contribution in [3.05, 3.63) is 70.3 Å². The van der Waals surface area contributed by atoms with Crippen molar-refractivity contribution in [3.8, 4) is 11.4 Å². The normalized spacial score (nSPS) is 11.9. The summed E-state index contributed by atoms with van der Waals surface area (Å²) < 4.78 is 6.97. The fourth-order valence-corrected chi connectivity index (χ4v) is 3.08. The lowest BCUT2D eigenvalue weighted by atomic mass is 10.0. The van der Waals surface area contributed by atoms with Gasteiger partial charge >= 0.3 is 0 Å². The third kappa shape index (κ3) is 3.95. The van der Waals surface area contributed by atoms with Crippen molar-refractivity contribution in [1.82, 2.24) is 20.1 Å². The number of ether oxygens (including phenoxy) is 1. The number of rotatable bonds is 5. The van der Waals surface area contributed by atoms with E-state index in [-0.39, 0.29) is 17.8 Å². The highest BCUT2D eigenvalue weighted by Crippen LogP contribution is 2.26. The molecule has 0 aliphatic rings. The third-order valence-corrected chi connectivity index (χ3v) is 4.57. The molecule has 1 aromatic heterocycles. The van der Waals surface area contributed by atoms with E-state index in [1.165, 1.54) is 0 Å². The molecule has 0 radical (unpaired) electrons. The minimum Gasteiger partial charge on any atom is -0.496 e. The van der Waals surface area contributed by atoms with Crippen LogP contribution in [0.2, 0.25) is 5.02 Å². The summed E-state index contributed by atoms with van der Waals surface area (Å²) in [6, 6.07) is 12.9. The smallest absolute Gasteiger partial charge is 0.291 e. The molecule has 7 heteroatoms. The van der Waals surface area contributed by atoms with Crippen LogP contribution in [0, 0.1) is 13.8 Å². The largest absolute Gasteiger partial charge is 0.496 e. The average Bonchev–Trinajstić information content (AvgIpc) is 3.03. The van der Waals surface area contributed by atoms with Crippen LogP contribution in [-0.4, -0.2) is 27.8 Å². The molecule has 0 aliphatic carbocycles. The van der Waals surface area contributed by atoms with Crippen molar-refractivity contribution < 1.29 is 9.53 Å². The maximum absolute atomic E-state index is 12.7. The fraction of sp³-hybridized carbons (Fsp3) is 0.250. The number of benzene rings is 2. The zero-order valence-corrected chi connectivity index (χ0v) is 16.4. The average molecular weight is 385 g/mol. The van der Waals surface area contributed by atoms with Gasteiger partial charge in [-0.2, -0.15) is 0 Å². The molecule has 0 fully saturated rings. The highest BCUT2D eigenvalue weighted by Gasteiger charge is 2.20. The van der Waals surface area contributed by atoms with E-state index >= 15 is 0 Å². The van der Waals surface area contributed by atoms with E-state index in [0.717, 1.165) is 16.9 Å². The Bertz CT molecular complexity index is 984. The van der Waals surface area contributed by atoms with Crippen LogP contribution in [0.3, 0.4) is 0 Å². The number of amides is 1. The Morgan fingerprint density at radius 1 is 1.22 bits per heavy atom. The SMILES string of the molecule is COc1ccc(C)cc1C(C)NC(=O)c1nc(C)n(-c2ccccc2Cl)n1. The Morgan fingerprint density at radius 2 is 1.96 bits per heavy atom. The number of carbonyl (C=O) groups excluding carboxylic acids is 1. The zero-order valence-electron chi connectivity index (χ0n) is 15.7. The second-order valence-corrected chi connectivity index (χ2v) is 6.69. The molecule has 0 spiro atoms. The number of aryl methyl sites for hydroxylation is 2. The van der Waals surface area contributed by atoms with Crippen LogP contribution < -0.4 is 10.1 Å². The first-order chi connectivity index (χ1) is 12.9. The predicted octanol–water partition coefficient (Wildman–Crippen LogP) is 4.04. The number of hydrogen-bond acceptors (Lipinski definition) is 4. The van der Waals surface area contributed by atoms with E-state index in [4.69, 9.17) is 16.3 Å². The van der Waals surface area contributed by atoms with Gasteiger partial charge in [-0.1, -0.05) is 41.4 Å². The number of carbonyl (C=O) groups is 1. The molecule has 1 amide bonds. The second kappa shape index (κ2) is 7.80. The maximum atomic E-state index is 12.7. The second-order valence-electron chi connectivity index (χ2n) is 6.29. The fourth-order valence-electron chi connectivity index (χ4n) is 2.87. The first kappa shape index (κ1) is 18.9. The molecule has 0 saturated carbocycles. The number of halogens is 1. The van der Waals surface area contributed by atoms with Crippen LogP contribution in [0.1, 0.15) is 40.5 Å². The summed E-state index contributed by atoms with van der Waals surface area (Å²) in [6.07, 6.45) is 0. The Balaban J connectivity index is 1.84. The third-order valence-electron chi connectivity index (χ3n) is 4.25. The number of aromatic nitrogens is 3. The Morgan fingerprint density at radius 3 is 2.67 bits per heavy atom. The van der Waals surface area contributed by atoms with Crippen LogP contribution in [0.25, 0.3) is 5.69 Å². The molecule has 0 aliphatic heterocycles. The Kier molecular flexibility index (Phi) is 5.46. The van der Waals surface area contributed by atoms with Gasteiger partial charge in [-0.25, -0.2) is 9.67 Å². The maximum Gasteiger partial charge on any atom is 0.291 e. The van der Waals surface area contributed by atoms with Crippen molar-refractivity contribution in [2.24, 2.45) is 0 Å². The van der Waals surface area contributed by atoms with E-state index in [2.05, 4.69) is 15.4 Å². The van der Waals surface area contributed by atoms with Gasteiger partial charge in [0.15, 0.2) is 0 Å². The molecule has 3 rings (SSSR count). The summed E-state index contributed by atoms with van der Waals surface area (Å²) in [5.74, 6) is 1.03. The highest BCUT2D eigenvalue weighted by atomic mass is 35.5. The van der Waals surface area contributed by atoms with Gasteiger partial charge in [0.05, 0.1) is 23.9 Å². The number of hydrogen-bond donors (Lipinski definition) is 1. The molecule has 27 heavy (non-hydrogen) atoms. The quantitative estimate of drug-likeness (QED) is 0.720. The minimum absolute atomic E-state index is 0.0888. The highest BCUT2D eigenvalue weighted by molar-refractivity contribution is 6.32. The summed E-state index contributed by atoms with van der Waals surface area (Å²) in [5, 5.41) is 7.79. The van der Waals surface area contributed by atoms with E-state index in [1.54, 1.807) is 24.8 Å². The molecule has 140 valence electrons. The molecule has 3 aromatic rings. The molecule has 1 atom stereocenters. The molecule has 1 unspecified atom stereocenters. The van der Waals surface area contributed by atoms with Crippen LogP contribution >= 0.6 is 11.6 Å². The zero-order chi connectivity index (χ0) is 19.6. The van der Waals surface area contributed by atoms with E-state index in [0.29, 0.717) is 16.5 Å². The van der Waals surface area contributed by atoms with Crippen molar-refractivity contribution >= 4 is 17.5 Å². The number of methoxy groups -OCH3 is 1. The summed E-state index contributed by atoms with van der Waals surface area (Å²) >= 11 is 6.23. The lowest BCUT2D eigenvalue weighted by Gasteiger charge is -2.17. The van der Waals surface area contributed by atoms with Gasteiger partial charge in [0.2, 0.25) is 5.82 Å². The van der Waals surface area contributed by atoms with Gasteiger partial charge in [-0.3, -0.25) is 4.79 Å². The first-order valence-corrected chi connectivity index (χ1v) is 8.92. The van der Waals surface area contributed by atoms with Gasteiger partial charge in [0, 0.05) is 5.56 Å². The van der Waals surface area contributed by atoms with Gasteiger partial charge in [0.25, 0.3) is 5.91 Å². The van der Waals surface area contributed by atoms with Crippen LogP contribution in [0.4, 0.5) is 0 Å². The van der Waals surface area contributed by atoms with Crippen molar-refractivity contribution in [2.75, 3.05) is 7.11 Å². The predicted molar refractivity (Wildman–Crippen MR) is 105 cm³/mol. The Hall–Kier alpha value is -2.86. The lowest BCUT2D eigenvalue weighted by molar-refractivity contribution is 0.0929. The van der Waals surface area contributed by atoms with Gasteiger partial charge in [-0.05, 0) is 39.0 Å². The van der Waals surface area contributed by atoms with Crippen LogP contribution in [0.5, 0.6) is 5.75 Å². The summed E-state index contributed by atoms with van der Waals surface area (Å²) in [4.78, 5) is 17.0. The minimum atomic E-state index is -0.361. The molecule has 6 nitrogen and oxygen atoms in total. The first-order valence-electron chi connectivity index (χ1n) is 8.54. The molecule has 0 bridgehead atoms. The topological polar surface area (TPSA) is 69.0 Å². The number of para-hydroxylation sites is 1. The van der Waals surface area contributed by atoms with Crippen molar-refractivity contribution in [1.29, 1.82) is 0 Å². The van der Waals surface area contributed by atoms with Gasteiger partial charge < -0.3 is 10.1 Å². The molecule has 2 aromatic carbocycles. The summed E-state index contributed by atoms with van der Waals surface area (Å²) in [6.45, 7) is 5.67. The Labute approximate surface area is 163 Å². The van der Waals surface area contributed by atoms with Crippen molar-refractivity contribution in [3.63, 3.8) is 0 Å². The van der Waals surface area contributed by atoms with Crippen LogP contribution in [0.15, 0.2) is 42.5 Å². The summed E-state index contributed by atoms with van der Waals surface area (Å²) in [5.41, 5.74) is 2.66. The van der Waals surface area contributed by atoms with Crippen LogP contribution in [-0.2, 0) is 0 Å². The van der Waals surface area contributed by atoms with Gasteiger partial charge in [0.1, 0.15) is 11.6 Å². The molecule has 1 N–H and O–H groups in total. The van der Waals surface area contributed by atoms with Gasteiger partial charge in [-0.15, -0.1) is 5.10 Å². The van der Waals surface area contributed by atoms with Crippen molar-refractivity contribution in [2.45, 2.75) is 26.8 Å². The van der Waals surface area contributed by atoms with E-state index in [1.807, 2.05) is 50.2 Å². The standard InChI is InChI=1S/C20H21ClN4O2/c1-12-9-10-18(27-4)15(11-12)13(2)22-20(26)19-23-14(3)25(24-19)17-8-6-5-7-16(17)21/h5-11,13H,1-4H3,(H,22,26). The summed E-state index contributed by atoms with van der Waals surface area (Å²) in [7, 11) is 1.61. The molecular formula is C20H21ClN4O2. The monoisotopic (exact) mass is 384 g/mol. The number of nitrogens with one attached hydrogen (secondary N) is 1. The number of nitrogens with zero attached hydrogens (tertiary/aromatic N) is 3. The lowest BCUT2D eigenvalue weighted by Crippen LogP contribution is -2.28.